The van der Waals surface area contributed by atoms with E-state index in [-0.39, 0.29) is 0 Å². The van der Waals surface area contributed by atoms with Gasteiger partial charge >= 0.3 is 0 Å². The van der Waals surface area contributed by atoms with Crippen molar-refractivity contribution < 1.29 is 4.79 Å². The van der Waals surface area contributed by atoms with Crippen LogP contribution in [0.25, 0.3) is 0 Å². The third-order valence-electron chi connectivity index (χ3n) is 5.07. The van der Waals surface area contributed by atoms with Gasteiger partial charge in [-0.1, -0.05) is 33.6 Å². The molecule has 0 aromatic carbocycles. The fourth-order valence-electron chi connectivity index (χ4n) is 3.80. The van der Waals surface area contributed by atoms with Gasteiger partial charge in [-0.25, -0.2) is 0 Å². The number of likely N-dealkylation sites (tertiary alicyclic amines) is 1. The first-order valence-corrected chi connectivity index (χ1v) is 7.82. The zero-order chi connectivity index (χ0) is 13.2. The van der Waals surface area contributed by atoms with E-state index in [1.165, 1.54) is 38.5 Å². The molecule has 104 valence electrons. The minimum absolute atomic E-state index is 0.348. The van der Waals surface area contributed by atoms with Gasteiger partial charge in [-0.3, -0.25) is 4.79 Å². The summed E-state index contributed by atoms with van der Waals surface area (Å²) >= 11 is 0. The van der Waals surface area contributed by atoms with E-state index in [4.69, 9.17) is 0 Å². The fraction of sp³-hybridized carbons (Fsp3) is 0.938. The summed E-state index contributed by atoms with van der Waals surface area (Å²) in [6.45, 7) is 8.65. The van der Waals surface area contributed by atoms with E-state index in [0.717, 1.165) is 24.9 Å². The Kier molecular flexibility index (Phi) is 4.34. The summed E-state index contributed by atoms with van der Waals surface area (Å²) in [6, 6.07) is 0. The van der Waals surface area contributed by atoms with E-state index in [2.05, 4.69) is 18.7 Å². The Morgan fingerprint density at radius 2 is 1.89 bits per heavy atom. The molecule has 1 spiro atoms. The average Bonchev–Trinajstić information content (AvgIpc) is 2.33. The molecular formula is C16H29NO. The van der Waals surface area contributed by atoms with Gasteiger partial charge < -0.3 is 4.90 Å². The zero-order valence-corrected chi connectivity index (χ0v) is 12.4. The van der Waals surface area contributed by atoms with Gasteiger partial charge in [-0.15, -0.1) is 0 Å². The van der Waals surface area contributed by atoms with Gasteiger partial charge in [0.1, 0.15) is 0 Å². The monoisotopic (exact) mass is 251 g/mol. The van der Waals surface area contributed by atoms with Crippen molar-refractivity contribution in [2.75, 3.05) is 13.1 Å². The van der Waals surface area contributed by atoms with Crippen LogP contribution in [0.5, 0.6) is 0 Å². The van der Waals surface area contributed by atoms with Gasteiger partial charge in [0, 0.05) is 19.5 Å². The van der Waals surface area contributed by atoms with Crippen LogP contribution in [0, 0.1) is 17.3 Å². The van der Waals surface area contributed by atoms with Crippen LogP contribution in [0.3, 0.4) is 0 Å². The van der Waals surface area contributed by atoms with Crippen molar-refractivity contribution in [3.8, 4) is 0 Å². The van der Waals surface area contributed by atoms with Crippen molar-refractivity contribution in [1.29, 1.82) is 0 Å². The molecule has 2 nitrogen and oxygen atoms in total. The summed E-state index contributed by atoms with van der Waals surface area (Å²) < 4.78 is 0. The summed E-state index contributed by atoms with van der Waals surface area (Å²) in [5, 5.41) is 0. The third kappa shape index (κ3) is 3.07. The van der Waals surface area contributed by atoms with Gasteiger partial charge in [0.05, 0.1) is 0 Å². The molecule has 18 heavy (non-hydrogen) atoms. The lowest BCUT2D eigenvalue weighted by Crippen LogP contribution is -2.48. The molecule has 1 heterocycles. The molecule has 1 saturated carbocycles. The lowest BCUT2D eigenvalue weighted by atomic mass is 9.56. The summed E-state index contributed by atoms with van der Waals surface area (Å²) in [5.41, 5.74) is 0.631. The molecule has 2 heteroatoms. The maximum atomic E-state index is 11.7. The highest BCUT2D eigenvalue weighted by atomic mass is 16.2. The molecule has 0 N–H and O–H groups in total. The molecule has 1 aliphatic carbocycles. The molecule has 2 aliphatic rings. The first-order valence-electron chi connectivity index (χ1n) is 7.82. The quantitative estimate of drug-likeness (QED) is 0.743. The second-order valence-electron chi connectivity index (χ2n) is 6.98. The number of carbonyl (C=O) groups is 1. The molecular weight excluding hydrogens is 222 g/mol. The second kappa shape index (κ2) is 5.63. The Hall–Kier alpha value is -0.530. The molecule has 0 aromatic heterocycles. The largest absolute Gasteiger partial charge is 0.343 e. The minimum Gasteiger partial charge on any atom is -0.343 e. The van der Waals surface area contributed by atoms with Crippen molar-refractivity contribution in [1.82, 2.24) is 4.90 Å². The summed E-state index contributed by atoms with van der Waals surface area (Å²) in [7, 11) is 0. The normalized spacial score (nSPS) is 23.4. The highest BCUT2D eigenvalue weighted by Gasteiger charge is 2.45. The predicted molar refractivity (Wildman–Crippen MR) is 75.3 cm³/mol. The van der Waals surface area contributed by atoms with Gasteiger partial charge in [-0.05, 0) is 42.9 Å². The number of carbonyl (C=O) groups excluding carboxylic acids is 1. The molecule has 0 atom stereocenters. The van der Waals surface area contributed by atoms with E-state index in [1.54, 1.807) is 0 Å². The molecule has 0 radical (unpaired) electrons. The van der Waals surface area contributed by atoms with Crippen molar-refractivity contribution in [3.63, 3.8) is 0 Å². The van der Waals surface area contributed by atoms with Gasteiger partial charge in [0.2, 0.25) is 5.91 Å². The van der Waals surface area contributed by atoms with Crippen LogP contribution >= 0.6 is 0 Å². The van der Waals surface area contributed by atoms with Crippen LogP contribution < -0.4 is 0 Å². The smallest absolute Gasteiger partial charge is 0.222 e. The van der Waals surface area contributed by atoms with E-state index in [0.29, 0.717) is 17.7 Å². The van der Waals surface area contributed by atoms with Crippen LogP contribution in [0.2, 0.25) is 0 Å². The minimum atomic E-state index is 0.348. The van der Waals surface area contributed by atoms with Crippen molar-refractivity contribution in [2.45, 2.75) is 65.7 Å². The molecule has 1 aliphatic heterocycles. The lowest BCUT2D eigenvalue weighted by Gasteiger charge is -2.52. The van der Waals surface area contributed by atoms with Gasteiger partial charge in [0.25, 0.3) is 0 Å². The Balaban J connectivity index is 1.70. The summed E-state index contributed by atoms with van der Waals surface area (Å²) in [4.78, 5) is 13.7. The van der Waals surface area contributed by atoms with Gasteiger partial charge in [0.15, 0.2) is 0 Å². The first-order chi connectivity index (χ1) is 8.54. The second-order valence-corrected chi connectivity index (χ2v) is 6.98. The van der Waals surface area contributed by atoms with Crippen LogP contribution in [0.1, 0.15) is 65.7 Å². The molecule has 0 bridgehead atoms. The highest BCUT2D eigenvalue weighted by molar-refractivity contribution is 5.75. The number of rotatable bonds is 4. The SMILES string of the molecule is CCC(=O)N1CCC2(CC1)CC(CCC(C)C)C2. The summed E-state index contributed by atoms with van der Waals surface area (Å²) in [6.07, 6.45) is 8.89. The Morgan fingerprint density at radius 1 is 1.28 bits per heavy atom. The van der Waals surface area contributed by atoms with E-state index in [9.17, 15) is 4.79 Å². The number of piperidine rings is 1. The molecule has 2 fully saturated rings. The first kappa shape index (κ1) is 13.9. The predicted octanol–water partition coefficient (Wildman–Crippen LogP) is 3.85. The molecule has 1 amide bonds. The third-order valence-corrected chi connectivity index (χ3v) is 5.07. The maximum absolute atomic E-state index is 11.7. The number of hydrogen-bond acceptors (Lipinski definition) is 1. The fourth-order valence-corrected chi connectivity index (χ4v) is 3.80. The van der Waals surface area contributed by atoms with Crippen molar-refractivity contribution in [2.24, 2.45) is 17.3 Å². The molecule has 2 rings (SSSR count). The van der Waals surface area contributed by atoms with Crippen LogP contribution in [0.15, 0.2) is 0 Å². The maximum Gasteiger partial charge on any atom is 0.222 e. The van der Waals surface area contributed by atoms with Crippen LogP contribution in [0.4, 0.5) is 0 Å². The number of amides is 1. The standard InChI is InChI=1S/C16H29NO/c1-4-15(18)17-9-7-16(8-10-17)11-14(12-16)6-5-13(2)3/h13-14H,4-12H2,1-3H3. The van der Waals surface area contributed by atoms with E-state index >= 15 is 0 Å². The van der Waals surface area contributed by atoms with Crippen molar-refractivity contribution in [3.05, 3.63) is 0 Å². The molecule has 1 saturated heterocycles. The van der Waals surface area contributed by atoms with Crippen LogP contribution in [-0.2, 0) is 4.79 Å². The zero-order valence-electron chi connectivity index (χ0n) is 12.4. The Labute approximate surface area is 112 Å². The van der Waals surface area contributed by atoms with E-state index < -0.39 is 0 Å². The average molecular weight is 251 g/mol. The Bertz CT molecular complexity index is 281. The van der Waals surface area contributed by atoms with Crippen LogP contribution in [-0.4, -0.2) is 23.9 Å². The van der Waals surface area contributed by atoms with E-state index in [1.807, 2.05) is 6.92 Å². The topological polar surface area (TPSA) is 20.3 Å². The number of nitrogens with zero attached hydrogens (tertiary/aromatic N) is 1. The molecule has 0 unspecified atom stereocenters. The molecule has 0 aromatic rings. The highest BCUT2D eigenvalue weighted by Crippen LogP contribution is 2.54. The lowest BCUT2D eigenvalue weighted by molar-refractivity contribution is -0.135. The Morgan fingerprint density at radius 3 is 2.39 bits per heavy atom. The van der Waals surface area contributed by atoms with Gasteiger partial charge in [-0.2, -0.15) is 0 Å². The number of hydrogen-bond donors (Lipinski definition) is 0. The van der Waals surface area contributed by atoms with Crippen molar-refractivity contribution >= 4 is 5.91 Å². The summed E-state index contributed by atoms with van der Waals surface area (Å²) in [5.74, 6) is 2.19.